The van der Waals surface area contributed by atoms with Crippen LogP contribution in [0.2, 0.25) is 0 Å². The van der Waals surface area contributed by atoms with Gasteiger partial charge in [-0.3, -0.25) is 14.5 Å². The van der Waals surface area contributed by atoms with Gasteiger partial charge in [-0.25, -0.2) is 4.39 Å². The van der Waals surface area contributed by atoms with Gasteiger partial charge in [0.25, 0.3) is 5.91 Å². The number of benzene rings is 3. The monoisotopic (exact) mass is 472 g/mol. The minimum Gasteiger partial charge on any atom is -0.304 e. The van der Waals surface area contributed by atoms with E-state index in [9.17, 15) is 27.2 Å². The number of rotatable bonds is 3. The van der Waals surface area contributed by atoms with E-state index in [2.05, 4.69) is 0 Å². The fraction of sp³-hybridized carbons (Fsp3) is 0.167. The van der Waals surface area contributed by atoms with Crippen LogP contribution in [0.3, 0.4) is 0 Å². The first-order valence-electron chi connectivity index (χ1n) is 10.0. The highest BCUT2D eigenvalue weighted by atomic mass is 32.2. The molecule has 1 atom stereocenters. The maximum absolute atomic E-state index is 13.9. The Hall–Kier alpha value is -3.33. The van der Waals surface area contributed by atoms with Crippen molar-refractivity contribution in [3.63, 3.8) is 0 Å². The number of hydrogen-bond acceptors (Lipinski definition) is 3. The van der Waals surface area contributed by atoms with Crippen molar-refractivity contribution in [3.05, 3.63) is 95.3 Å². The molecule has 2 aliphatic rings. The molecular weight excluding hydrogens is 456 g/mol. The zero-order valence-electron chi connectivity index (χ0n) is 17.0. The predicted octanol–water partition coefficient (Wildman–Crippen LogP) is 5.32. The smallest absolute Gasteiger partial charge is 0.304 e. The van der Waals surface area contributed by atoms with Crippen LogP contribution in [0.5, 0.6) is 0 Å². The molecule has 1 fully saturated rings. The van der Waals surface area contributed by atoms with E-state index < -0.39 is 28.3 Å². The summed E-state index contributed by atoms with van der Waals surface area (Å²) in [4.78, 5) is 28.2. The van der Waals surface area contributed by atoms with Gasteiger partial charge in [-0.15, -0.1) is 11.8 Å². The van der Waals surface area contributed by atoms with Crippen LogP contribution in [0, 0.1) is 5.82 Å². The molecule has 0 saturated carbocycles. The summed E-state index contributed by atoms with van der Waals surface area (Å²) >= 11 is 1.15. The normalized spacial score (nSPS) is 20.1. The minimum absolute atomic E-state index is 0.0366. The second kappa shape index (κ2) is 7.62. The highest BCUT2D eigenvalue weighted by Crippen LogP contribution is 2.55. The van der Waals surface area contributed by atoms with Crippen LogP contribution in [0.25, 0.3) is 0 Å². The first kappa shape index (κ1) is 21.5. The van der Waals surface area contributed by atoms with Crippen molar-refractivity contribution in [1.82, 2.24) is 0 Å². The highest BCUT2D eigenvalue weighted by molar-refractivity contribution is 8.02. The first-order chi connectivity index (χ1) is 15.7. The number of alkyl halides is 3. The van der Waals surface area contributed by atoms with Crippen molar-refractivity contribution in [2.24, 2.45) is 0 Å². The maximum atomic E-state index is 13.9. The number of halogens is 4. The lowest BCUT2D eigenvalue weighted by Gasteiger charge is -2.33. The molecule has 1 spiro atoms. The number of thioether (sulfide) groups is 1. The summed E-state index contributed by atoms with van der Waals surface area (Å²) in [6.07, 6.45) is -4.50. The summed E-state index contributed by atoms with van der Waals surface area (Å²) in [5.41, 5.74) is 0.979. The number of amides is 2. The van der Waals surface area contributed by atoms with Gasteiger partial charge in [-0.05, 0) is 48.0 Å². The van der Waals surface area contributed by atoms with Gasteiger partial charge in [-0.2, -0.15) is 13.2 Å². The lowest BCUT2D eigenvalue weighted by molar-refractivity contribution is -0.137. The van der Waals surface area contributed by atoms with Gasteiger partial charge < -0.3 is 4.90 Å². The molecule has 0 radical (unpaired) electrons. The van der Waals surface area contributed by atoms with Crippen LogP contribution >= 0.6 is 11.8 Å². The maximum Gasteiger partial charge on any atom is 0.416 e. The average molecular weight is 472 g/mol. The van der Waals surface area contributed by atoms with Crippen molar-refractivity contribution < 1.29 is 27.2 Å². The van der Waals surface area contributed by atoms with Gasteiger partial charge in [0.2, 0.25) is 10.8 Å². The van der Waals surface area contributed by atoms with Gasteiger partial charge in [0.1, 0.15) is 5.82 Å². The molecular formula is C24H16F4N2O2S. The van der Waals surface area contributed by atoms with E-state index in [-0.39, 0.29) is 18.2 Å². The second-order valence-electron chi connectivity index (χ2n) is 7.74. The molecule has 3 aromatic carbocycles. The fourth-order valence-electron chi connectivity index (χ4n) is 4.33. The molecule has 2 aliphatic heterocycles. The van der Waals surface area contributed by atoms with Crippen molar-refractivity contribution in [2.45, 2.75) is 17.6 Å². The summed E-state index contributed by atoms with van der Waals surface area (Å²) in [6, 6.07) is 17.1. The van der Waals surface area contributed by atoms with Crippen LogP contribution in [0.1, 0.15) is 16.7 Å². The van der Waals surface area contributed by atoms with Crippen molar-refractivity contribution in [1.29, 1.82) is 0 Å². The standard InChI is InChI=1S/C24H16F4N2O2S/c25-17-8-10-18(11-9-17)30-21(31)14-33-23(30)19-6-1-2-7-20(19)29(22(23)32)13-15-4-3-5-16(12-15)24(26,27)28/h1-12H,13-14H2/t23-/m0/s1. The van der Waals surface area contributed by atoms with Crippen molar-refractivity contribution >= 4 is 35.0 Å². The fourth-order valence-corrected chi connectivity index (χ4v) is 5.69. The summed E-state index contributed by atoms with van der Waals surface area (Å²) in [7, 11) is 0. The number of carbonyl (C=O) groups excluding carboxylic acids is 2. The van der Waals surface area contributed by atoms with Crippen molar-refractivity contribution in [3.8, 4) is 0 Å². The van der Waals surface area contributed by atoms with E-state index in [1.807, 2.05) is 0 Å². The lowest BCUT2D eigenvalue weighted by atomic mass is 10.0. The summed E-state index contributed by atoms with van der Waals surface area (Å²) in [5, 5.41) is 0. The zero-order chi connectivity index (χ0) is 23.4. The number of para-hydroxylation sites is 1. The largest absolute Gasteiger partial charge is 0.416 e. The molecule has 0 N–H and O–H groups in total. The van der Waals surface area contributed by atoms with E-state index in [1.54, 1.807) is 24.3 Å². The summed E-state index contributed by atoms with van der Waals surface area (Å²) in [5.74, 6) is -1.18. The third-order valence-electron chi connectivity index (χ3n) is 5.74. The molecule has 9 heteroatoms. The van der Waals surface area contributed by atoms with Gasteiger partial charge >= 0.3 is 6.18 Å². The lowest BCUT2D eigenvalue weighted by Crippen LogP contribution is -2.49. The Morgan fingerprint density at radius 3 is 2.39 bits per heavy atom. The molecule has 33 heavy (non-hydrogen) atoms. The minimum atomic E-state index is -4.50. The van der Waals surface area contributed by atoms with Gasteiger partial charge in [-0.1, -0.05) is 30.3 Å². The van der Waals surface area contributed by atoms with E-state index in [1.165, 1.54) is 46.2 Å². The van der Waals surface area contributed by atoms with E-state index in [0.717, 1.165) is 23.9 Å². The molecule has 4 nitrogen and oxygen atoms in total. The number of fused-ring (bicyclic) bond motifs is 2. The Kier molecular flexibility index (Phi) is 4.97. The molecule has 2 amide bonds. The van der Waals surface area contributed by atoms with Gasteiger partial charge in [0.15, 0.2) is 0 Å². The second-order valence-corrected chi connectivity index (χ2v) is 8.91. The summed E-state index contributed by atoms with van der Waals surface area (Å²) < 4.78 is 53.1. The predicted molar refractivity (Wildman–Crippen MR) is 117 cm³/mol. The number of carbonyl (C=O) groups is 2. The molecule has 3 aromatic rings. The molecule has 0 aromatic heterocycles. The zero-order valence-corrected chi connectivity index (χ0v) is 17.8. The van der Waals surface area contributed by atoms with Crippen LogP contribution < -0.4 is 9.80 Å². The molecule has 168 valence electrons. The third kappa shape index (κ3) is 3.38. The molecule has 5 rings (SSSR count). The Balaban J connectivity index is 1.60. The Morgan fingerprint density at radius 1 is 0.939 bits per heavy atom. The number of hydrogen-bond donors (Lipinski definition) is 0. The molecule has 0 aliphatic carbocycles. The Bertz CT molecular complexity index is 1260. The van der Waals surface area contributed by atoms with Crippen LogP contribution in [0.4, 0.5) is 28.9 Å². The third-order valence-corrected chi connectivity index (χ3v) is 7.13. The molecule has 1 saturated heterocycles. The average Bonchev–Trinajstić information content (AvgIpc) is 3.25. The van der Waals surface area contributed by atoms with E-state index in [0.29, 0.717) is 22.5 Å². The number of anilines is 2. The van der Waals surface area contributed by atoms with E-state index in [4.69, 9.17) is 0 Å². The SMILES string of the molecule is O=C1CS[C@@]2(C(=O)N(Cc3cccc(C(F)(F)F)c3)c3ccccc32)N1c1ccc(F)cc1. The Morgan fingerprint density at radius 2 is 1.67 bits per heavy atom. The molecule has 0 bridgehead atoms. The van der Waals surface area contributed by atoms with Crippen LogP contribution in [0.15, 0.2) is 72.8 Å². The van der Waals surface area contributed by atoms with Crippen LogP contribution in [-0.4, -0.2) is 17.6 Å². The molecule has 0 unspecified atom stereocenters. The quantitative estimate of drug-likeness (QED) is 0.485. The topological polar surface area (TPSA) is 40.6 Å². The summed E-state index contributed by atoms with van der Waals surface area (Å²) in [6.45, 7) is -0.0898. The van der Waals surface area contributed by atoms with Gasteiger partial charge in [0, 0.05) is 11.3 Å². The van der Waals surface area contributed by atoms with Crippen molar-refractivity contribution in [2.75, 3.05) is 15.6 Å². The number of nitrogens with zero attached hydrogens (tertiary/aromatic N) is 2. The van der Waals surface area contributed by atoms with Crippen LogP contribution in [-0.2, 0) is 27.2 Å². The molecule has 2 heterocycles. The van der Waals surface area contributed by atoms with Gasteiger partial charge in [0.05, 0.1) is 23.5 Å². The van der Waals surface area contributed by atoms with E-state index >= 15 is 0 Å². The Labute approximate surface area is 190 Å². The first-order valence-corrected chi connectivity index (χ1v) is 11.0. The highest BCUT2D eigenvalue weighted by Gasteiger charge is 2.60.